The van der Waals surface area contributed by atoms with Gasteiger partial charge in [-0.15, -0.1) is 0 Å². The molecule has 0 saturated heterocycles. The highest BCUT2D eigenvalue weighted by Gasteiger charge is 2.34. The van der Waals surface area contributed by atoms with E-state index in [9.17, 15) is 27.2 Å². The van der Waals surface area contributed by atoms with Crippen LogP contribution in [0.4, 0.5) is 23.4 Å². The quantitative estimate of drug-likeness (QED) is 0.344. The van der Waals surface area contributed by atoms with Gasteiger partial charge in [-0.05, 0) is 54.8 Å². The first-order chi connectivity index (χ1) is 17.1. The van der Waals surface area contributed by atoms with Crippen LogP contribution in [0.3, 0.4) is 0 Å². The molecule has 5 aromatic rings. The normalized spacial score (nSPS) is 12.7. The molecule has 0 radical (unpaired) electrons. The van der Waals surface area contributed by atoms with Crippen molar-refractivity contribution >= 4 is 27.6 Å². The largest absolute Gasteiger partial charge is 0.417 e. The zero-order valence-electron chi connectivity index (χ0n) is 18.6. The molecule has 0 aliphatic carbocycles. The maximum atomic E-state index is 14.1. The zero-order valence-corrected chi connectivity index (χ0v) is 18.6. The minimum atomic E-state index is -4.77. The lowest BCUT2D eigenvalue weighted by Crippen LogP contribution is -2.27. The molecule has 0 fully saturated rings. The van der Waals surface area contributed by atoms with Gasteiger partial charge in [0.2, 0.25) is 0 Å². The van der Waals surface area contributed by atoms with Crippen molar-refractivity contribution in [3.05, 3.63) is 105 Å². The molecule has 0 amide bonds. The van der Waals surface area contributed by atoms with E-state index in [4.69, 9.17) is 0 Å². The highest BCUT2D eigenvalue weighted by Crippen LogP contribution is 2.35. The Morgan fingerprint density at radius 2 is 1.81 bits per heavy atom. The first-order valence-corrected chi connectivity index (χ1v) is 10.8. The van der Waals surface area contributed by atoms with Crippen LogP contribution in [0.2, 0.25) is 0 Å². The van der Waals surface area contributed by atoms with Crippen molar-refractivity contribution < 1.29 is 17.6 Å². The smallest absolute Gasteiger partial charge is 0.360 e. The summed E-state index contributed by atoms with van der Waals surface area (Å²) in [5.74, 6) is -0.550. The summed E-state index contributed by atoms with van der Waals surface area (Å²) in [7, 11) is 0. The van der Waals surface area contributed by atoms with Crippen LogP contribution in [0.25, 0.3) is 27.5 Å². The van der Waals surface area contributed by atoms with Crippen LogP contribution in [0, 0.1) is 5.82 Å². The Bertz CT molecular complexity index is 1740. The number of H-pyrrole nitrogens is 1. The fourth-order valence-corrected chi connectivity index (χ4v) is 4.19. The van der Waals surface area contributed by atoms with E-state index in [0.717, 1.165) is 22.8 Å². The van der Waals surface area contributed by atoms with E-state index in [1.54, 1.807) is 19.1 Å². The molecule has 1 atom stereocenters. The maximum Gasteiger partial charge on any atom is 0.417 e. The van der Waals surface area contributed by atoms with E-state index < -0.39 is 40.2 Å². The molecule has 3 aromatic heterocycles. The van der Waals surface area contributed by atoms with E-state index in [1.165, 1.54) is 36.5 Å². The molecule has 182 valence electrons. The molecule has 0 spiro atoms. The summed E-state index contributed by atoms with van der Waals surface area (Å²) in [4.78, 5) is 36.4. The average molecular weight is 495 g/mol. The molecular weight excluding hydrogens is 478 g/mol. The van der Waals surface area contributed by atoms with Crippen LogP contribution in [-0.4, -0.2) is 19.5 Å². The number of aromatic nitrogens is 4. The first-order valence-electron chi connectivity index (χ1n) is 10.8. The maximum absolute atomic E-state index is 14.1. The lowest BCUT2D eigenvalue weighted by atomic mass is 10.0. The number of pyridine rings is 2. The zero-order chi connectivity index (χ0) is 25.6. The summed E-state index contributed by atoms with van der Waals surface area (Å²) in [5.41, 5.74) is -1.65. The Kier molecular flexibility index (Phi) is 5.54. The fourth-order valence-electron chi connectivity index (χ4n) is 4.19. The van der Waals surface area contributed by atoms with Crippen molar-refractivity contribution in [3.8, 4) is 5.69 Å². The molecule has 2 N–H and O–H groups in total. The number of nitrogens with zero attached hydrogens (tertiary/aromatic N) is 3. The van der Waals surface area contributed by atoms with Gasteiger partial charge >= 0.3 is 11.9 Å². The van der Waals surface area contributed by atoms with Crippen molar-refractivity contribution in [1.29, 1.82) is 0 Å². The van der Waals surface area contributed by atoms with E-state index >= 15 is 0 Å². The van der Waals surface area contributed by atoms with Crippen molar-refractivity contribution in [2.24, 2.45) is 0 Å². The van der Waals surface area contributed by atoms with Crippen LogP contribution in [-0.2, 0) is 6.18 Å². The van der Waals surface area contributed by atoms with Crippen molar-refractivity contribution in [3.63, 3.8) is 0 Å². The number of fused-ring (bicyclic) bond motifs is 2. The molecule has 5 rings (SSSR count). The third-order valence-electron chi connectivity index (χ3n) is 5.73. The Labute approximate surface area is 200 Å². The van der Waals surface area contributed by atoms with Gasteiger partial charge in [-0.25, -0.2) is 9.18 Å². The van der Waals surface area contributed by atoms with Gasteiger partial charge in [0.05, 0.1) is 28.2 Å². The Hall–Kier alpha value is -4.54. The molecule has 7 nitrogen and oxygen atoms in total. The van der Waals surface area contributed by atoms with Gasteiger partial charge in [0.25, 0.3) is 5.56 Å². The van der Waals surface area contributed by atoms with Gasteiger partial charge in [-0.2, -0.15) is 18.2 Å². The summed E-state index contributed by atoms with van der Waals surface area (Å²) < 4.78 is 56.4. The lowest BCUT2D eigenvalue weighted by Gasteiger charge is -2.22. The average Bonchev–Trinajstić information content (AvgIpc) is 2.82. The highest BCUT2D eigenvalue weighted by atomic mass is 19.4. The van der Waals surface area contributed by atoms with Gasteiger partial charge in [0.1, 0.15) is 11.3 Å². The summed E-state index contributed by atoms with van der Waals surface area (Å²) in [6.45, 7) is 1.64. The molecule has 11 heteroatoms. The Morgan fingerprint density at radius 3 is 2.56 bits per heavy atom. The standard InChI is InChI=1S/C25H17F4N5O2/c1-13(31-22-21-18(9-4-10-30-21)32-24(36)33-22)19-11-14-5-2-8-17(25(27,28)29)20(14)23(35)34(19)16-7-3-6-15(26)12-16/h2-13H,1H3,(H2,31,32,33,36)/t13-/m0/s1. The Morgan fingerprint density at radius 1 is 1.03 bits per heavy atom. The predicted octanol–water partition coefficient (Wildman–Crippen LogP) is 4.95. The van der Waals surface area contributed by atoms with E-state index in [1.807, 2.05) is 0 Å². The molecule has 0 bridgehead atoms. The molecule has 36 heavy (non-hydrogen) atoms. The summed E-state index contributed by atoms with van der Waals surface area (Å²) in [6.07, 6.45) is -3.26. The number of anilines is 1. The van der Waals surface area contributed by atoms with Crippen LogP contribution >= 0.6 is 0 Å². The molecular formula is C25H17F4N5O2. The van der Waals surface area contributed by atoms with E-state index in [-0.39, 0.29) is 22.6 Å². The summed E-state index contributed by atoms with van der Waals surface area (Å²) in [6, 6.07) is 12.4. The van der Waals surface area contributed by atoms with Gasteiger partial charge in [0, 0.05) is 11.9 Å². The van der Waals surface area contributed by atoms with E-state index in [0.29, 0.717) is 11.0 Å². The minimum Gasteiger partial charge on any atom is -0.360 e. The third-order valence-corrected chi connectivity index (χ3v) is 5.73. The van der Waals surface area contributed by atoms with Gasteiger partial charge in [0.15, 0.2) is 5.82 Å². The molecule has 0 saturated carbocycles. The van der Waals surface area contributed by atoms with Crippen molar-refractivity contribution in [2.45, 2.75) is 19.1 Å². The molecule has 0 aliphatic heterocycles. The number of alkyl halides is 3. The second-order valence-electron chi connectivity index (χ2n) is 8.11. The fraction of sp³-hybridized carbons (Fsp3) is 0.120. The summed E-state index contributed by atoms with van der Waals surface area (Å²) >= 11 is 0. The monoisotopic (exact) mass is 495 g/mol. The highest BCUT2D eigenvalue weighted by molar-refractivity contribution is 5.87. The lowest BCUT2D eigenvalue weighted by molar-refractivity contribution is -0.136. The number of aromatic amines is 1. The van der Waals surface area contributed by atoms with Crippen molar-refractivity contribution in [1.82, 2.24) is 19.5 Å². The van der Waals surface area contributed by atoms with Gasteiger partial charge in [-0.3, -0.25) is 14.3 Å². The molecule has 0 unspecified atom stereocenters. The number of benzene rings is 2. The molecule has 0 aliphatic rings. The second-order valence-corrected chi connectivity index (χ2v) is 8.11. The number of hydrogen-bond acceptors (Lipinski definition) is 5. The topological polar surface area (TPSA) is 92.7 Å². The first kappa shape index (κ1) is 23.2. The number of halogens is 4. The number of nitrogens with one attached hydrogen (secondary N) is 2. The summed E-state index contributed by atoms with van der Waals surface area (Å²) in [5, 5.41) is 2.56. The van der Waals surface area contributed by atoms with E-state index in [2.05, 4.69) is 20.3 Å². The van der Waals surface area contributed by atoms with Crippen LogP contribution in [0.5, 0.6) is 0 Å². The predicted molar refractivity (Wildman–Crippen MR) is 127 cm³/mol. The van der Waals surface area contributed by atoms with Gasteiger partial charge < -0.3 is 10.3 Å². The van der Waals surface area contributed by atoms with Crippen LogP contribution < -0.4 is 16.6 Å². The SMILES string of the molecule is C[C@H](Nc1nc(=O)[nH]c2cccnc12)c1cc2cccc(C(F)(F)F)c2c(=O)n1-c1cccc(F)c1. The number of rotatable bonds is 4. The second kappa shape index (κ2) is 8.59. The van der Waals surface area contributed by atoms with Crippen molar-refractivity contribution in [2.75, 3.05) is 5.32 Å². The van der Waals surface area contributed by atoms with Crippen LogP contribution in [0.1, 0.15) is 24.2 Å². The number of hydrogen-bond donors (Lipinski definition) is 2. The van der Waals surface area contributed by atoms with Gasteiger partial charge in [-0.1, -0.05) is 18.2 Å². The third kappa shape index (κ3) is 4.08. The van der Waals surface area contributed by atoms with Crippen LogP contribution in [0.15, 0.2) is 76.4 Å². The minimum absolute atomic E-state index is 0.0457. The molecule has 2 aromatic carbocycles. The molecule has 3 heterocycles. The Balaban J connectivity index is 1.76.